The zero-order valence-corrected chi connectivity index (χ0v) is 16.4. The molecule has 9 heteroatoms. The van der Waals surface area contributed by atoms with Crippen LogP contribution in [0.2, 0.25) is 0 Å². The van der Waals surface area contributed by atoms with Gasteiger partial charge >= 0.3 is 0 Å². The lowest BCUT2D eigenvalue weighted by molar-refractivity contribution is -0.132. The summed E-state index contributed by atoms with van der Waals surface area (Å²) in [6.45, 7) is 4.64. The van der Waals surface area contributed by atoms with Crippen LogP contribution < -0.4 is 16.2 Å². The third-order valence-electron chi connectivity index (χ3n) is 6.10. The lowest BCUT2D eigenvalue weighted by Gasteiger charge is -2.39. The van der Waals surface area contributed by atoms with Gasteiger partial charge in [0.15, 0.2) is 0 Å². The number of hydrogen-bond donors (Lipinski definition) is 2. The van der Waals surface area contributed by atoms with E-state index in [2.05, 4.69) is 9.88 Å². The maximum absolute atomic E-state index is 12.6. The van der Waals surface area contributed by atoms with E-state index in [0.717, 1.165) is 63.1 Å². The van der Waals surface area contributed by atoms with E-state index in [0.29, 0.717) is 32.1 Å². The third-order valence-corrected chi connectivity index (χ3v) is 6.10. The first-order valence-corrected chi connectivity index (χ1v) is 9.57. The number of nitrogens with two attached hydrogens (primary N) is 1. The molecule has 1 spiro atoms. The van der Waals surface area contributed by atoms with Crippen LogP contribution in [-0.4, -0.2) is 66.7 Å². The number of aromatic nitrogens is 2. The Kier molecular flexibility index (Phi) is 6.08. The minimum Gasteiger partial charge on any atom is -0.378 e. The van der Waals surface area contributed by atoms with Gasteiger partial charge in [-0.15, -0.1) is 12.4 Å². The van der Waals surface area contributed by atoms with Crippen LogP contribution in [0.1, 0.15) is 36.9 Å². The summed E-state index contributed by atoms with van der Waals surface area (Å²) in [6, 6.07) is 0. The van der Waals surface area contributed by atoms with Gasteiger partial charge in [0, 0.05) is 50.1 Å². The number of H-pyrrole nitrogens is 1. The van der Waals surface area contributed by atoms with Crippen molar-refractivity contribution in [2.45, 2.75) is 37.5 Å². The average molecular weight is 398 g/mol. The van der Waals surface area contributed by atoms with Gasteiger partial charge in [0.2, 0.25) is 11.9 Å². The maximum atomic E-state index is 12.6. The molecular weight excluding hydrogens is 370 g/mol. The Hall–Kier alpha value is -1.64. The van der Waals surface area contributed by atoms with Gasteiger partial charge in [-0.25, -0.2) is 4.98 Å². The van der Waals surface area contributed by atoms with Crippen molar-refractivity contribution in [2.24, 2.45) is 5.73 Å². The number of hydrogen-bond acceptors (Lipinski definition) is 6. The summed E-state index contributed by atoms with van der Waals surface area (Å²) in [5.74, 6) is 0.799. The van der Waals surface area contributed by atoms with Crippen LogP contribution in [0.25, 0.3) is 0 Å². The highest BCUT2D eigenvalue weighted by atomic mass is 35.5. The van der Waals surface area contributed by atoms with Crippen molar-refractivity contribution in [2.75, 3.05) is 50.8 Å². The molecule has 3 N–H and O–H groups in total. The second kappa shape index (κ2) is 8.16. The number of aromatic amines is 1. The molecule has 1 amide bonds. The van der Waals surface area contributed by atoms with Crippen molar-refractivity contribution in [3.63, 3.8) is 0 Å². The molecule has 0 saturated carbocycles. The number of carbonyl (C=O) groups is 1. The normalized spacial score (nSPS) is 21.1. The standard InChI is InChI=1S/C18H27N5O3.ClH/c19-6-2-14(24)22-7-4-18(5-8-22)3-1-13-15(18)20-17(21-16(13)25)23-9-11-26-12-10-23;/h1-12,19H2,(H,20,21,25);1H. The van der Waals surface area contributed by atoms with E-state index in [1.807, 2.05) is 4.90 Å². The number of carbonyl (C=O) groups excluding carboxylic acids is 1. The van der Waals surface area contributed by atoms with E-state index < -0.39 is 0 Å². The Morgan fingerprint density at radius 2 is 1.89 bits per heavy atom. The second-order valence-electron chi connectivity index (χ2n) is 7.52. The second-order valence-corrected chi connectivity index (χ2v) is 7.52. The minimum atomic E-state index is -0.0654. The summed E-state index contributed by atoms with van der Waals surface area (Å²) in [7, 11) is 0. The zero-order valence-electron chi connectivity index (χ0n) is 15.5. The summed E-state index contributed by atoms with van der Waals surface area (Å²) in [5.41, 5.74) is 7.24. The number of piperidine rings is 1. The van der Waals surface area contributed by atoms with Crippen LogP contribution in [0.4, 0.5) is 5.95 Å². The topological polar surface area (TPSA) is 105 Å². The molecule has 8 nitrogen and oxygen atoms in total. The highest BCUT2D eigenvalue weighted by molar-refractivity contribution is 5.85. The third kappa shape index (κ3) is 3.70. The number of nitrogens with one attached hydrogen (secondary N) is 1. The van der Waals surface area contributed by atoms with E-state index in [9.17, 15) is 9.59 Å². The number of nitrogens with zero attached hydrogens (tertiary/aromatic N) is 3. The van der Waals surface area contributed by atoms with Gasteiger partial charge in [-0.05, 0) is 25.7 Å². The van der Waals surface area contributed by atoms with E-state index in [-0.39, 0.29) is 29.3 Å². The zero-order chi connectivity index (χ0) is 18.1. The van der Waals surface area contributed by atoms with E-state index in [1.165, 1.54) is 0 Å². The van der Waals surface area contributed by atoms with Gasteiger partial charge in [-0.3, -0.25) is 14.6 Å². The van der Waals surface area contributed by atoms with Crippen LogP contribution in [-0.2, 0) is 21.4 Å². The minimum absolute atomic E-state index is 0. The van der Waals surface area contributed by atoms with Crippen molar-refractivity contribution >= 4 is 24.3 Å². The van der Waals surface area contributed by atoms with Crippen molar-refractivity contribution in [3.05, 3.63) is 21.6 Å². The smallest absolute Gasteiger partial charge is 0.255 e. The first-order valence-electron chi connectivity index (χ1n) is 9.57. The summed E-state index contributed by atoms with van der Waals surface area (Å²) in [6.07, 6.45) is 3.87. The first-order chi connectivity index (χ1) is 12.6. The molecule has 1 aromatic heterocycles. The van der Waals surface area contributed by atoms with E-state index in [1.54, 1.807) is 0 Å². The van der Waals surface area contributed by atoms with Gasteiger partial charge in [0.05, 0.1) is 18.9 Å². The number of halogens is 1. The van der Waals surface area contributed by atoms with Gasteiger partial charge in [-0.2, -0.15) is 0 Å². The summed E-state index contributed by atoms with van der Waals surface area (Å²) >= 11 is 0. The highest BCUT2D eigenvalue weighted by Gasteiger charge is 2.44. The van der Waals surface area contributed by atoms with Gasteiger partial charge in [-0.1, -0.05) is 0 Å². The number of amides is 1. The molecule has 2 saturated heterocycles. The largest absolute Gasteiger partial charge is 0.378 e. The number of rotatable bonds is 3. The monoisotopic (exact) mass is 397 g/mol. The molecule has 3 heterocycles. The fourth-order valence-electron chi connectivity index (χ4n) is 4.52. The molecule has 2 fully saturated rings. The molecule has 150 valence electrons. The van der Waals surface area contributed by atoms with Crippen molar-refractivity contribution in [1.29, 1.82) is 0 Å². The lowest BCUT2D eigenvalue weighted by atomic mass is 9.76. The lowest BCUT2D eigenvalue weighted by Crippen LogP contribution is -2.45. The molecule has 27 heavy (non-hydrogen) atoms. The number of ether oxygens (including phenoxy) is 1. The van der Waals surface area contributed by atoms with Crippen molar-refractivity contribution in [1.82, 2.24) is 14.9 Å². The van der Waals surface area contributed by atoms with Crippen LogP contribution in [0.5, 0.6) is 0 Å². The highest BCUT2D eigenvalue weighted by Crippen LogP contribution is 2.44. The van der Waals surface area contributed by atoms with Crippen molar-refractivity contribution in [3.8, 4) is 0 Å². The van der Waals surface area contributed by atoms with Crippen LogP contribution in [0.3, 0.4) is 0 Å². The Balaban J connectivity index is 0.00000210. The maximum Gasteiger partial charge on any atom is 0.255 e. The van der Waals surface area contributed by atoms with E-state index in [4.69, 9.17) is 15.5 Å². The molecule has 3 aliphatic rings. The van der Waals surface area contributed by atoms with Gasteiger partial charge in [0.25, 0.3) is 5.56 Å². The summed E-state index contributed by atoms with van der Waals surface area (Å²) in [4.78, 5) is 36.6. The SMILES string of the molecule is Cl.NCCC(=O)N1CCC2(CCc3c2nc(N2CCOCC2)[nH]c3=O)CC1. The summed E-state index contributed by atoms with van der Waals surface area (Å²) in [5, 5.41) is 0. The number of anilines is 1. The Labute approximate surface area is 164 Å². The molecule has 0 unspecified atom stereocenters. The van der Waals surface area contributed by atoms with Crippen LogP contribution >= 0.6 is 12.4 Å². The molecule has 0 radical (unpaired) electrons. The molecular formula is C18H28ClN5O3. The fraction of sp³-hybridized carbons (Fsp3) is 0.722. The molecule has 0 atom stereocenters. The predicted octanol–water partition coefficient (Wildman–Crippen LogP) is 0.184. The van der Waals surface area contributed by atoms with Crippen LogP contribution in [0.15, 0.2) is 4.79 Å². The van der Waals surface area contributed by atoms with Gasteiger partial charge in [0.1, 0.15) is 0 Å². The average Bonchev–Trinajstić information content (AvgIpc) is 3.02. The molecule has 0 bridgehead atoms. The Morgan fingerprint density at radius 3 is 2.56 bits per heavy atom. The molecule has 0 aromatic carbocycles. The Bertz CT molecular complexity index is 739. The number of morpholine rings is 1. The molecule has 1 aliphatic carbocycles. The molecule has 4 rings (SSSR count). The fourth-order valence-corrected chi connectivity index (χ4v) is 4.52. The van der Waals surface area contributed by atoms with E-state index >= 15 is 0 Å². The predicted molar refractivity (Wildman–Crippen MR) is 105 cm³/mol. The summed E-state index contributed by atoms with van der Waals surface area (Å²) < 4.78 is 5.40. The number of fused-ring (bicyclic) bond motifs is 2. The number of likely N-dealkylation sites (tertiary alicyclic amines) is 1. The molecule has 1 aromatic rings. The Morgan fingerprint density at radius 1 is 1.19 bits per heavy atom. The quantitative estimate of drug-likeness (QED) is 0.754. The van der Waals surface area contributed by atoms with Crippen LogP contribution in [0, 0.1) is 0 Å². The molecule has 2 aliphatic heterocycles. The first kappa shape index (κ1) is 20.1. The van der Waals surface area contributed by atoms with Crippen molar-refractivity contribution < 1.29 is 9.53 Å². The van der Waals surface area contributed by atoms with Gasteiger partial charge < -0.3 is 20.3 Å².